The summed E-state index contributed by atoms with van der Waals surface area (Å²) in [4.78, 5) is 10.2. The Morgan fingerprint density at radius 2 is 2.20 bits per heavy atom. The first-order valence-corrected chi connectivity index (χ1v) is 4.73. The predicted molar refractivity (Wildman–Crippen MR) is 57.8 cm³/mol. The fourth-order valence-corrected chi connectivity index (χ4v) is 1.13. The number of nitro groups is 1. The highest BCUT2D eigenvalue weighted by Crippen LogP contribution is 2.23. The van der Waals surface area contributed by atoms with Crippen molar-refractivity contribution < 1.29 is 10.0 Å². The highest BCUT2D eigenvalue weighted by molar-refractivity contribution is 5.61. The van der Waals surface area contributed by atoms with Crippen LogP contribution >= 0.6 is 0 Å². The third-order valence-corrected chi connectivity index (χ3v) is 2.05. The fraction of sp³-hybridized carbons (Fsp3) is 0.400. The predicted octanol–water partition coefficient (Wildman–Crippen LogP) is 1.64. The lowest BCUT2D eigenvalue weighted by molar-refractivity contribution is -0.384. The van der Waals surface area contributed by atoms with Crippen LogP contribution in [0.2, 0.25) is 0 Å². The van der Waals surface area contributed by atoms with Crippen LogP contribution < -0.4 is 5.32 Å². The zero-order valence-electron chi connectivity index (χ0n) is 8.51. The molecular weight excluding hydrogens is 196 g/mol. The van der Waals surface area contributed by atoms with E-state index in [2.05, 4.69) is 5.32 Å². The number of anilines is 1. The zero-order chi connectivity index (χ0) is 11.3. The van der Waals surface area contributed by atoms with Gasteiger partial charge in [-0.25, -0.2) is 0 Å². The smallest absolute Gasteiger partial charge is 0.292 e. The van der Waals surface area contributed by atoms with E-state index in [1.165, 1.54) is 6.07 Å². The molecule has 0 aliphatic heterocycles. The molecule has 0 amide bonds. The molecule has 0 saturated carbocycles. The number of hydrogen-bond acceptors (Lipinski definition) is 4. The van der Waals surface area contributed by atoms with Crippen LogP contribution in [0.15, 0.2) is 24.3 Å². The van der Waals surface area contributed by atoms with E-state index in [1.807, 2.05) is 6.92 Å². The van der Waals surface area contributed by atoms with Gasteiger partial charge in [-0.15, -0.1) is 0 Å². The first kappa shape index (κ1) is 11.5. The topological polar surface area (TPSA) is 75.4 Å². The van der Waals surface area contributed by atoms with E-state index in [9.17, 15) is 10.1 Å². The highest BCUT2D eigenvalue weighted by Gasteiger charge is 2.12. The first-order valence-electron chi connectivity index (χ1n) is 4.73. The molecule has 0 saturated heterocycles. The van der Waals surface area contributed by atoms with Gasteiger partial charge in [0.25, 0.3) is 5.69 Å². The summed E-state index contributed by atoms with van der Waals surface area (Å²) < 4.78 is 0. The van der Waals surface area contributed by atoms with E-state index in [1.54, 1.807) is 18.2 Å². The summed E-state index contributed by atoms with van der Waals surface area (Å²) in [5, 5.41) is 22.4. The van der Waals surface area contributed by atoms with Crippen molar-refractivity contribution in [3.63, 3.8) is 0 Å². The van der Waals surface area contributed by atoms with E-state index in [4.69, 9.17) is 5.11 Å². The van der Waals surface area contributed by atoms with Crippen molar-refractivity contribution in [2.24, 2.45) is 5.92 Å². The Morgan fingerprint density at radius 1 is 1.53 bits per heavy atom. The molecule has 2 N–H and O–H groups in total. The van der Waals surface area contributed by atoms with Gasteiger partial charge in [0.05, 0.1) is 4.92 Å². The summed E-state index contributed by atoms with van der Waals surface area (Å²) in [5.41, 5.74) is 0.547. The lowest BCUT2D eigenvalue weighted by atomic mass is 10.2. The molecule has 1 aromatic carbocycles. The average Bonchev–Trinajstić information content (AvgIpc) is 2.26. The molecule has 0 spiro atoms. The van der Waals surface area contributed by atoms with Crippen LogP contribution in [0.25, 0.3) is 0 Å². The fourth-order valence-electron chi connectivity index (χ4n) is 1.13. The minimum absolute atomic E-state index is 0.0580. The summed E-state index contributed by atoms with van der Waals surface area (Å²) in [6.07, 6.45) is 0. The molecule has 1 aromatic rings. The number of nitro benzene ring substituents is 1. The van der Waals surface area contributed by atoms with Crippen molar-refractivity contribution in [1.82, 2.24) is 0 Å². The minimum atomic E-state index is -0.425. The number of nitrogens with zero attached hydrogens (tertiary/aromatic N) is 1. The summed E-state index contributed by atoms with van der Waals surface area (Å²) >= 11 is 0. The van der Waals surface area contributed by atoms with Gasteiger partial charge in [-0.3, -0.25) is 10.1 Å². The molecule has 0 fully saturated rings. The monoisotopic (exact) mass is 210 g/mol. The van der Waals surface area contributed by atoms with Crippen molar-refractivity contribution in [2.45, 2.75) is 6.92 Å². The van der Waals surface area contributed by atoms with Gasteiger partial charge < -0.3 is 10.4 Å². The molecule has 82 valence electrons. The second-order valence-corrected chi connectivity index (χ2v) is 3.44. The molecular formula is C10H14N2O3. The van der Waals surface area contributed by atoms with E-state index in [-0.39, 0.29) is 18.2 Å². The average molecular weight is 210 g/mol. The number of benzene rings is 1. The maximum atomic E-state index is 10.7. The summed E-state index contributed by atoms with van der Waals surface area (Å²) in [5.74, 6) is 0.0739. The van der Waals surface area contributed by atoms with E-state index in [0.717, 1.165) is 0 Å². The molecule has 0 aliphatic carbocycles. The summed E-state index contributed by atoms with van der Waals surface area (Å²) in [6, 6.07) is 6.46. The lowest BCUT2D eigenvalue weighted by Crippen LogP contribution is -2.15. The van der Waals surface area contributed by atoms with E-state index in [0.29, 0.717) is 12.2 Å². The quantitative estimate of drug-likeness (QED) is 0.572. The lowest BCUT2D eigenvalue weighted by Gasteiger charge is -2.10. The van der Waals surface area contributed by atoms with Gasteiger partial charge in [0.15, 0.2) is 0 Å². The molecule has 0 radical (unpaired) electrons. The van der Waals surface area contributed by atoms with Crippen LogP contribution in [0.1, 0.15) is 6.92 Å². The Kier molecular flexibility index (Phi) is 4.05. The van der Waals surface area contributed by atoms with Gasteiger partial charge >= 0.3 is 0 Å². The number of nitrogens with one attached hydrogen (secondary N) is 1. The Balaban J connectivity index is 2.72. The van der Waals surface area contributed by atoms with Crippen LogP contribution in [-0.4, -0.2) is 23.2 Å². The van der Waals surface area contributed by atoms with Gasteiger partial charge in [-0.2, -0.15) is 0 Å². The molecule has 1 atom stereocenters. The third kappa shape index (κ3) is 3.21. The Morgan fingerprint density at radius 3 is 2.80 bits per heavy atom. The van der Waals surface area contributed by atoms with Crippen molar-refractivity contribution in [3.8, 4) is 0 Å². The Labute approximate surface area is 87.9 Å². The Bertz CT molecular complexity index is 341. The van der Waals surface area contributed by atoms with Gasteiger partial charge in [0, 0.05) is 19.2 Å². The van der Waals surface area contributed by atoms with Crippen molar-refractivity contribution in [2.75, 3.05) is 18.5 Å². The first-order chi connectivity index (χ1) is 7.15. The molecule has 1 rings (SSSR count). The molecule has 15 heavy (non-hydrogen) atoms. The van der Waals surface area contributed by atoms with E-state index >= 15 is 0 Å². The second kappa shape index (κ2) is 5.31. The summed E-state index contributed by atoms with van der Waals surface area (Å²) in [6.45, 7) is 2.44. The molecule has 5 nitrogen and oxygen atoms in total. The standard InChI is InChI=1S/C10H14N2O3/c1-8(7-13)6-11-9-4-2-3-5-10(9)12(14)15/h2-5,8,11,13H,6-7H2,1H3. The minimum Gasteiger partial charge on any atom is -0.396 e. The third-order valence-electron chi connectivity index (χ3n) is 2.05. The molecule has 0 aromatic heterocycles. The van der Waals surface area contributed by atoms with Gasteiger partial charge in [0.1, 0.15) is 5.69 Å². The van der Waals surface area contributed by atoms with Crippen LogP contribution in [0.4, 0.5) is 11.4 Å². The van der Waals surface area contributed by atoms with Gasteiger partial charge in [-0.1, -0.05) is 19.1 Å². The maximum absolute atomic E-state index is 10.7. The largest absolute Gasteiger partial charge is 0.396 e. The van der Waals surface area contributed by atoms with E-state index < -0.39 is 4.92 Å². The van der Waals surface area contributed by atoms with Crippen LogP contribution in [0, 0.1) is 16.0 Å². The number of aliphatic hydroxyl groups is 1. The molecule has 0 aliphatic rings. The van der Waals surface area contributed by atoms with Crippen molar-refractivity contribution in [3.05, 3.63) is 34.4 Å². The molecule has 1 unspecified atom stereocenters. The van der Waals surface area contributed by atoms with Crippen LogP contribution in [-0.2, 0) is 0 Å². The van der Waals surface area contributed by atoms with Crippen LogP contribution in [0.5, 0.6) is 0 Å². The number of aliphatic hydroxyl groups excluding tert-OH is 1. The van der Waals surface area contributed by atoms with Gasteiger partial charge in [0.2, 0.25) is 0 Å². The number of para-hydroxylation sites is 2. The number of hydrogen-bond donors (Lipinski definition) is 2. The van der Waals surface area contributed by atoms with Crippen molar-refractivity contribution >= 4 is 11.4 Å². The number of rotatable bonds is 5. The summed E-state index contributed by atoms with van der Waals surface area (Å²) in [7, 11) is 0. The zero-order valence-corrected chi connectivity index (χ0v) is 8.51. The molecule has 0 heterocycles. The normalized spacial score (nSPS) is 12.1. The van der Waals surface area contributed by atoms with Gasteiger partial charge in [-0.05, 0) is 12.0 Å². The van der Waals surface area contributed by atoms with Crippen molar-refractivity contribution in [1.29, 1.82) is 0 Å². The molecule has 5 heteroatoms. The highest BCUT2D eigenvalue weighted by atomic mass is 16.6. The van der Waals surface area contributed by atoms with Crippen LogP contribution in [0.3, 0.4) is 0 Å². The Hall–Kier alpha value is -1.62. The molecule has 0 bridgehead atoms. The maximum Gasteiger partial charge on any atom is 0.292 e. The second-order valence-electron chi connectivity index (χ2n) is 3.44. The SMILES string of the molecule is CC(CO)CNc1ccccc1[N+](=O)[O-].